The number of rotatable bonds is 12. The molecule has 0 bridgehead atoms. The van der Waals surface area contributed by atoms with Gasteiger partial charge in [0.15, 0.2) is 0 Å². The van der Waals surface area contributed by atoms with Crippen LogP contribution in [-0.4, -0.2) is 55.6 Å². The summed E-state index contributed by atoms with van der Waals surface area (Å²) in [5, 5.41) is 0. The van der Waals surface area contributed by atoms with E-state index in [0.717, 1.165) is 17.3 Å². The van der Waals surface area contributed by atoms with E-state index in [4.69, 9.17) is 23.3 Å². The van der Waals surface area contributed by atoms with Gasteiger partial charge in [-0.25, -0.2) is 0 Å². The minimum absolute atomic E-state index is 0.159. The third-order valence-corrected chi connectivity index (χ3v) is 3.42. The first-order valence-corrected chi connectivity index (χ1v) is 11.0. The second-order valence-electron chi connectivity index (χ2n) is 7.51. The van der Waals surface area contributed by atoms with Crippen LogP contribution in [0.25, 0.3) is 0 Å². The molecule has 0 rings (SSSR count). The molecule has 0 radical (unpaired) electrons. The second kappa shape index (κ2) is 19.1. The summed E-state index contributed by atoms with van der Waals surface area (Å²) in [6.07, 6.45) is 13.4. The van der Waals surface area contributed by atoms with Gasteiger partial charge < -0.3 is 10.2 Å². The quantitative estimate of drug-likeness (QED) is 0.262. The van der Waals surface area contributed by atoms with Crippen LogP contribution >= 0.6 is 0 Å². The Morgan fingerprint density at radius 2 is 1.15 bits per heavy atom. The van der Waals surface area contributed by atoms with Gasteiger partial charge in [0.1, 0.15) is 0 Å². The first-order chi connectivity index (χ1) is 11.8. The number of nitrogens with two attached hydrogens (primary N) is 1. The molecule has 0 saturated heterocycles. The Hall–Kier alpha value is -0.700. The van der Waals surface area contributed by atoms with E-state index in [1.165, 1.54) is 57.9 Å². The lowest BCUT2D eigenvalue weighted by Crippen LogP contribution is -2.34. The predicted octanol–water partition coefficient (Wildman–Crippen LogP) is 3.84. The highest BCUT2D eigenvalue weighted by atomic mass is 32.3. The largest absolute Gasteiger partial charge is 0.394 e. The first-order valence-electron chi connectivity index (χ1n) is 9.62. The van der Waals surface area contributed by atoms with Gasteiger partial charge in [-0.2, -0.15) is 8.42 Å². The zero-order chi connectivity index (χ0) is 21.1. The number of carbonyl (C=O) groups excluding carboxylic acids is 1. The van der Waals surface area contributed by atoms with Gasteiger partial charge in [0.05, 0.1) is 27.7 Å². The predicted molar refractivity (Wildman–Crippen MR) is 108 cm³/mol. The highest BCUT2D eigenvalue weighted by Gasteiger charge is 2.01. The zero-order valence-corrected chi connectivity index (χ0v) is 18.4. The molecule has 7 nitrogen and oxygen atoms in total. The third kappa shape index (κ3) is 56.7. The minimum atomic E-state index is -4.67. The van der Waals surface area contributed by atoms with Gasteiger partial charge in [-0.05, 0) is 12.8 Å². The molecule has 4 N–H and O–H groups in total. The maximum atomic E-state index is 10.4. The molecule has 0 aliphatic rings. The lowest BCUT2D eigenvalue weighted by Gasteiger charge is -2.22. The number of primary amides is 1. The second-order valence-corrected chi connectivity index (χ2v) is 8.40. The number of carbonyl (C=O) groups is 1. The Morgan fingerprint density at radius 1 is 0.808 bits per heavy atom. The summed E-state index contributed by atoms with van der Waals surface area (Å²) in [6.45, 7) is 5.73. The molecule has 160 valence electrons. The Morgan fingerprint density at radius 3 is 1.38 bits per heavy atom. The van der Waals surface area contributed by atoms with Crippen LogP contribution in [0.15, 0.2) is 0 Å². The monoisotopic (exact) mass is 399 g/mol. The molecule has 0 fully saturated rings. The van der Waals surface area contributed by atoms with Crippen LogP contribution < -0.4 is 5.73 Å². The number of quaternary nitrogens is 1. The molecule has 0 atom stereocenters. The van der Waals surface area contributed by atoms with Gasteiger partial charge in [0.25, 0.3) is 0 Å². The lowest BCUT2D eigenvalue weighted by atomic mass is 10.1. The van der Waals surface area contributed by atoms with Crippen LogP contribution in [-0.2, 0) is 15.2 Å². The van der Waals surface area contributed by atoms with Gasteiger partial charge in [0, 0.05) is 6.42 Å². The fourth-order valence-electron chi connectivity index (χ4n) is 2.28. The van der Waals surface area contributed by atoms with Crippen molar-refractivity contribution < 1.29 is 26.8 Å². The summed E-state index contributed by atoms with van der Waals surface area (Å²) in [6, 6.07) is 0. The maximum absolute atomic E-state index is 10.4. The van der Waals surface area contributed by atoms with Crippen molar-refractivity contribution >= 4 is 16.3 Å². The van der Waals surface area contributed by atoms with Crippen molar-refractivity contribution in [2.24, 2.45) is 5.73 Å². The molecule has 26 heavy (non-hydrogen) atoms. The molecule has 1 amide bonds. The number of nitrogens with zero attached hydrogens (tertiary/aromatic N) is 1. The molecule has 0 aromatic heterocycles. The van der Waals surface area contributed by atoms with Crippen LogP contribution in [0.4, 0.5) is 0 Å². The third-order valence-electron chi connectivity index (χ3n) is 3.42. The minimum Gasteiger partial charge on any atom is -0.370 e. The number of hydrogen-bond acceptors (Lipinski definition) is 3. The normalized spacial score (nSPS) is 11.0. The van der Waals surface area contributed by atoms with Gasteiger partial charge in [-0.1, -0.05) is 65.2 Å². The molecule has 0 unspecified atom stereocenters. The average Bonchev–Trinajstić information content (AvgIpc) is 2.43. The lowest BCUT2D eigenvalue weighted by molar-refractivity contribution is -0.870. The molecule has 0 spiro atoms. The molecule has 0 heterocycles. The van der Waals surface area contributed by atoms with Crippen molar-refractivity contribution in [3.8, 4) is 0 Å². The summed E-state index contributed by atoms with van der Waals surface area (Å²) < 4.78 is 32.7. The Balaban J connectivity index is -0.000000366. The van der Waals surface area contributed by atoms with E-state index >= 15 is 0 Å². The Kier molecular flexibility index (Phi) is 22.0. The fourth-order valence-corrected chi connectivity index (χ4v) is 2.28. The fraction of sp³-hybridized carbons (Fsp3) is 0.944. The molecule has 0 aromatic carbocycles. The summed E-state index contributed by atoms with van der Waals surface area (Å²) in [7, 11) is 1.97. The number of hydrogen-bond donors (Lipinski definition) is 3. The Bertz CT molecular complexity index is 398. The summed E-state index contributed by atoms with van der Waals surface area (Å²) in [4.78, 5) is 10.4. The topological polar surface area (TPSA) is 118 Å². The average molecular weight is 400 g/mol. The van der Waals surface area contributed by atoms with Crippen molar-refractivity contribution in [3.05, 3.63) is 0 Å². The van der Waals surface area contributed by atoms with Crippen molar-refractivity contribution in [2.45, 2.75) is 84.5 Å². The van der Waals surface area contributed by atoms with Crippen molar-refractivity contribution in [1.82, 2.24) is 0 Å². The summed E-state index contributed by atoms with van der Waals surface area (Å²) >= 11 is 0. The zero-order valence-electron chi connectivity index (χ0n) is 17.5. The summed E-state index contributed by atoms with van der Waals surface area (Å²) in [5.74, 6) is -0.159. The number of amides is 1. The molecular weight excluding hydrogens is 356 g/mol. The molecular formula is C18H43N2O5S+. The Labute approximate surface area is 161 Å². The van der Waals surface area contributed by atoms with E-state index in [-0.39, 0.29) is 5.91 Å². The van der Waals surface area contributed by atoms with Crippen LogP contribution in [0.3, 0.4) is 0 Å². The number of unbranched alkanes of at least 4 members (excludes halogenated alkanes) is 8. The van der Waals surface area contributed by atoms with Crippen molar-refractivity contribution in [2.75, 3.05) is 27.7 Å². The molecule has 0 aliphatic carbocycles. The van der Waals surface area contributed by atoms with Crippen molar-refractivity contribution in [1.29, 1.82) is 0 Å². The van der Waals surface area contributed by atoms with E-state index in [9.17, 15) is 4.79 Å². The van der Waals surface area contributed by atoms with Crippen LogP contribution in [0.1, 0.15) is 84.5 Å². The van der Waals surface area contributed by atoms with E-state index < -0.39 is 10.4 Å². The SMILES string of the molecule is CCCCCCCCCCCC(N)=O.CCC[N+](C)(C)C.O=S(=O)(O)O. The van der Waals surface area contributed by atoms with Gasteiger partial charge in [-0.15, -0.1) is 0 Å². The standard InChI is InChI=1S/C12H25NO.C6H16N.H2O4S/c1-2-3-4-5-6-7-8-9-10-11-12(13)14;1-5-6-7(2,3)4;1-5(2,3)4/h2-11H2,1H3,(H2,13,14);5-6H2,1-4H3;(H2,1,2,3,4)/q;+1;. The molecule has 8 heteroatoms. The molecule has 0 aromatic rings. The smallest absolute Gasteiger partial charge is 0.370 e. The van der Waals surface area contributed by atoms with Crippen LogP contribution in [0.5, 0.6) is 0 Å². The maximum Gasteiger partial charge on any atom is 0.394 e. The van der Waals surface area contributed by atoms with E-state index in [0.29, 0.717) is 6.42 Å². The highest BCUT2D eigenvalue weighted by molar-refractivity contribution is 7.79. The van der Waals surface area contributed by atoms with Gasteiger partial charge in [0.2, 0.25) is 5.91 Å². The molecule has 0 aliphatic heterocycles. The summed E-state index contributed by atoms with van der Waals surface area (Å²) in [5.41, 5.74) is 5.05. The van der Waals surface area contributed by atoms with Crippen LogP contribution in [0, 0.1) is 0 Å². The highest BCUT2D eigenvalue weighted by Crippen LogP contribution is 2.10. The van der Waals surface area contributed by atoms with E-state index in [1.807, 2.05) is 0 Å². The van der Waals surface area contributed by atoms with Crippen molar-refractivity contribution in [3.63, 3.8) is 0 Å². The van der Waals surface area contributed by atoms with E-state index in [2.05, 4.69) is 35.0 Å². The molecule has 0 saturated carbocycles. The van der Waals surface area contributed by atoms with Gasteiger partial charge in [-0.3, -0.25) is 13.9 Å². The van der Waals surface area contributed by atoms with Gasteiger partial charge >= 0.3 is 10.4 Å². The van der Waals surface area contributed by atoms with E-state index in [1.54, 1.807) is 0 Å². The van der Waals surface area contributed by atoms with Crippen LogP contribution in [0.2, 0.25) is 0 Å². The first kappa shape index (κ1) is 30.0.